The molecular formula is C19H15ClF3N3O3. The number of benzene rings is 2. The van der Waals surface area contributed by atoms with E-state index in [-0.39, 0.29) is 16.3 Å². The number of hydrogen-bond donors (Lipinski definition) is 2. The highest BCUT2D eigenvalue weighted by molar-refractivity contribution is 6.30. The molecule has 0 bridgehead atoms. The van der Waals surface area contributed by atoms with Gasteiger partial charge in [-0.15, -0.1) is 0 Å². The van der Waals surface area contributed by atoms with Crippen molar-refractivity contribution in [3.8, 4) is 0 Å². The van der Waals surface area contributed by atoms with Crippen LogP contribution in [0.15, 0.2) is 42.5 Å². The average Bonchev–Trinajstić information content (AvgIpc) is 2.89. The Bertz CT molecular complexity index is 1010. The summed E-state index contributed by atoms with van der Waals surface area (Å²) in [6, 6.07) is 8.07. The van der Waals surface area contributed by atoms with Crippen LogP contribution in [0.5, 0.6) is 0 Å². The van der Waals surface area contributed by atoms with Gasteiger partial charge in [0.25, 0.3) is 17.5 Å². The third kappa shape index (κ3) is 3.53. The lowest BCUT2D eigenvalue weighted by atomic mass is 10.1. The Morgan fingerprint density at radius 1 is 1.07 bits per heavy atom. The Morgan fingerprint density at radius 3 is 2.24 bits per heavy atom. The highest BCUT2D eigenvalue weighted by Crippen LogP contribution is 2.36. The second-order valence-corrected chi connectivity index (χ2v) is 6.98. The van der Waals surface area contributed by atoms with Gasteiger partial charge < -0.3 is 5.32 Å². The maximum Gasteiger partial charge on any atom is 0.440 e. The molecule has 4 amide bonds. The number of nitrogens with zero attached hydrogens (tertiary/aromatic N) is 1. The van der Waals surface area contributed by atoms with Crippen molar-refractivity contribution in [3.63, 3.8) is 0 Å². The molecule has 0 spiro atoms. The number of alkyl halides is 3. The Balaban J connectivity index is 2.01. The number of amides is 4. The van der Waals surface area contributed by atoms with Crippen molar-refractivity contribution < 1.29 is 27.6 Å². The van der Waals surface area contributed by atoms with Crippen molar-refractivity contribution in [1.29, 1.82) is 0 Å². The maximum absolute atomic E-state index is 13.9. The number of imide groups is 1. The van der Waals surface area contributed by atoms with Gasteiger partial charge in [0, 0.05) is 10.6 Å². The Labute approximate surface area is 168 Å². The lowest BCUT2D eigenvalue weighted by molar-refractivity contribution is -0.197. The first kappa shape index (κ1) is 20.7. The van der Waals surface area contributed by atoms with Gasteiger partial charge in [0.2, 0.25) is 0 Å². The molecule has 0 radical (unpaired) electrons. The molecule has 152 valence electrons. The molecule has 1 atom stereocenters. The number of carbonyl (C=O) groups excluding carboxylic acids is 3. The summed E-state index contributed by atoms with van der Waals surface area (Å²) in [6.45, 7) is 3.47. The van der Waals surface area contributed by atoms with E-state index in [1.54, 1.807) is 30.5 Å². The van der Waals surface area contributed by atoms with Crippen LogP contribution < -0.4 is 15.5 Å². The molecule has 29 heavy (non-hydrogen) atoms. The van der Waals surface area contributed by atoms with Crippen LogP contribution >= 0.6 is 11.6 Å². The second-order valence-electron chi connectivity index (χ2n) is 6.55. The fraction of sp³-hybridized carbons (Fsp3) is 0.211. The number of urea groups is 1. The molecular weight excluding hydrogens is 411 g/mol. The number of halogens is 4. The number of rotatable bonds is 3. The molecule has 1 fully saturated rings. The fourth-order valence-corrected chi connectivity index (χ4v) is 2.95. The van der Waals surface area contributed by atoms with Crippen molar-refractivity contribution in [2.75, 3.05) is 4.90 Å². The van der Waals surface area contributed by atoms with Gasteiger partial charge in [-0.25, -0.2) is 9.69 Å². The van der Waals surface area contributed by atoms with E-state index < -0.39 is 29.7 Å². The molecule has 1 aliphatic heterocycles. The van der Waals surface area contributed by atoms with E-state index in [1.807, 2.05) is 0 Å². The smallest absolute Gasteiger partial charge is 0.314 e. The number of anilines is 1. The summed E-state index contributed by atoms with van der Waals surface area (Å²) in [4.78, 5) is 37.9. The summed E-state index contributed by atoms with van der Waals surface area (Å²) in [5.41, 5.74) is -2.29. The largest absolute Gasteiger partial charge is 0.440 e. The number of hydrogen-bond acceptors (Lipinski definition) is 3. The van der Waals surface area contributed by atoms with Crippen LogP contribution in [-0.4, -0.2) is 29.7 Å². The normalized spacial score (nSPS) is 19.3. The van der Waals surface area contributed by atoms with Crippen LogP contribution in [0.4, 0.5) is 23.7 Å². The van der Waals surface area contributed by atoms with Gasteiger partial charge in [-0.3, -0.25) is 14.9 Å². The second kappa shape index (κ2) is 7.07. The predicted octanol–water partition coefficient (Wildman–Crippen LogP) is 3.70. The molecule has 2 aromatic rings. The van der Waals surface area contributed by atoms with Crippen LogP contribution in [0.25, 0.3) is 0 Å². The fourth-order valence-electron chi connectivity index (χ4n) is 2.82. The summed E-state index contributed by atoms with van der Waals surface area (Å²) in [6.07, 6.45) is -5.30. The molecule has 10 heteroatoms. The summed E-state index contributed by atoms with van der Waals surface area (Å²) in [5, 5.41) is 3.53. The van der Waals surface area contributed by atoms with E-state index in [0.717, 1.165) is 5.56 Å². The van der Waals surface area contributed by atoms with Crippen molar-refractivity contribution >= 4 is 35.1 Å². The quantitative estimate of drug-likeness (QED) is 0.736. The van der Waals surface area contributed by atoms with E-state index in [4.69, 9.17) is 11.6 Å². The topological polar surface area (TPSA) is 78.5 Å². The number of nitrogens with one attached hydrogen (secondary N) is 2. The zero-order chi connectivity index (χ0) is 21.6. The molecule has 0 saturated carbocycles. The maximum atomic E-state index is 13.9. The monoisotopic (exact) mass is 425 g/mol. The van der Waals surface area contributed by atoms with E-state index in [2.05, 4.69) is 0 Å². The first-order chi connectivity index (χ1) is 13.5. The number of aryl methyl sites for hydroxylation is 2. The van der Waals surface area contributed by atoms with Crippen LogP contribution in [0.1, 0.15) is 21.5 Å². The van der Waals surface area contributed by atoms with E-state index in [1.165, 1.54) is 36.4 Å². The first-order valence-electron chi connectivity index (χ1n) is 8.35. The Hall–Kier alpha value is -3.07. The van der Waals surface area contributed by atoms with Crippen LogP contribution in [-0.2, 0) is 4.79 Å². The van der Waals surface area contributed by atoms with Crippen LogP contribution in [0.2, 0.25) is 5.02 Å². The predicted molar refractivity (Wildman–Crippen MR) is 99.6 cm³/mol. The van der Waals surface area contributed by atoms with Gasteiger partial charge in [0.1, 0.15) is 0 Å². The summed E-state index contributed by atoms with van der Waals surface area (Å²) >= 11 is 5.71. The van der Waals surface area contributed by atoms with E-state index in [9.17, 15) is 27.6 Å². The zero-order valence-corrected chi connectivity index (χ0v) is 16.0. The molecule has 2 aromatic carbocycles. The molecule has 1 heterocycles. The molecule has 0 unspecified atom stereocenters. The minimum atomic E-state index is -5.30. The summed E-state index contributed by atoms with van der Waals surface area (Å²) in [5.74, 6) is -2.85. The minimum Gasteiger partial charge on any atom is -0.314 e. The standard InChI is InChI=1S/C19H15ClF3N3O3/c1-10-3-8-14(9-11(10)2)26-16(28)18(19(21,22)23,25-17(26)29)24-15(27)12-4-6-13(20)7-5-12/h3-9H,1-2H3,(H,24,27)(H,25,29)/t18-/m1/s1. The molecule has 2 N–H and O–H groups in total. The molecule has 1 saturated heterocycles. The first-order valence-corrected chi connectivity index (χ1v) is 8.73. The van der Waals surface area contributed by atoms with Crippen LogP contribution in [0.3, 0.4) is 0 Å². The Kier molecular flexibility index (Phi) is 5.04. The average molecular weight is 426 g/mol. The molecule has 0 aromatic heterocycles. The Morgan fingerprint density at radius 2 is 1.69 bits per heavy atom. The molecule has 3 rings (SSSR count). The van der Waals surface area contributed by atoms with Crippen molar-refractivity contribution in [2.24, 2.45) is 0 Å². The summed E-state index contributed by atoms with van der Waals surface area (Å²) in [7, 11) is 0. The third-order valence-electron chi connectivity index (χ3n) is 4.60. The van der Waals surface area contributed by atoms with E-state index >= 15 is 0 Å². The van der Waals surface area contributed by atoms with Gasteiger partial charge in [-0.1, -0.05) is 17.7 Å². The molecule has 6 nitrogen and oxygen atoms in total. The van der Waals surface area contributed by atoms with Gasteiger partial charge in [0.05, 0.1) is 5.69 Å². The van der Waals surface area contributed by atoms with Gasteiger partial charge in [-0.05, 0) is 61.4 Å². The number of carbonyl (C=O) groups is 3. The lowest BCUT2D eigenvalue weighted by Crippen LogP contribution is -2.69. The minimum absolute atomic E-state index is 0.0394. The molecule has 0 aliphatic carbocycles. The van der Waals surface area contributed by atoms with Gasteiger partial charge in [0.15, 0.2) is 0 Å². The highest BCUT2D eigenvalue weighted by atomic mass is 35.5. The summed E-state index contributed by atoms with van der Waals surface area (Å²) < 4.78 is 41.7. The van der Waals surface area contributed by atoms with Gasteiger partial charge in [-0.2, -0.15) is 13.2 Å². The van der Waals surface area contributed by atoms with Crippen molar-refractivity contribution in [2.45, 2.75) is 25.7 Å². The third-order valence-corrected chi connectivity index (χ3v) is 4.85. The lowest BCUT2D eigenvalue weighted by Gasteiger charge is -2.29. The van der Waals surface area contributed by atoms with Crippen LogP contribution in [0, 0.1) is 13.8 Å². The zero-order valence-electron chi connectivity index (χ0n) is 15.2. The molecule has 1 aliphatic rings. The SMILES string of the molecule is Cc1ccc(N2C(=O)N[C@@](NC(=O)c3ccc(Cl)cc3)(C(F)(F)F)C2=O)cc1C. The van der Waals surface area contributed by atoms with Crippen molar-refractivity contribution in [3.05, 3.63) is 64.2 Å². The highest BCUT2D eigenvalue weighted by Gasteiger charge is 2.69. The van der Waals surface area contributed by atoms with Gasteiger partial charge >= 0.3 is 12.2 Å². The van der Waals surface area contributed by atoms with Crippen molar-refractivity contribution in [1.82, 2.24) is 10.6 Å². The van der Waals surface area contributed by atoms with E-state index in [0.29, 0.717) is 10.5 Å².